The first-order chi connectivity index (χ1) is 11.6. The van der Waals surface area contributed by atoms with Crippen LogP contribution in [-0.2, 0) is 6.54 Å². The average molecular weight is 329 g/mol. The molecule has 0 bridgehead atoms. The standard InChI is InChI=1S/C16H23N7O/c1-17-16-18-6-11(7-19-16)9-23-5-4-12(10-23)14-13(8-20-21-14)15(24)22(2)3/h6-8,12H,4-5,9-10H2,1-3H3,(H,20,21)(H,17,18,19)/t12-/m0/s1. The number of rotatable bonds is 5. The normalized spacial score (nSPS) is 17.9. The Hall–Kier alpha value is -2.48. The summed E-state index contributed by atoms with van der Waals surface area (Å²) in [6.07, 6.45) is 6.34. The minimum absolute atomic E-state index is 0.00625. The summed E-state index contributed by atoms with van der Waals surface area (Å²) in [5, 5.41) is 10.0. The third kappa shape index (κ3) is 3.38. The van der Waals surface area contributed by atoms with Crippen LogP contribution < -0.4 is 5.32 Å². The van der Waals surface area contributed by atoms with E-state index in [1.807, 2.05) is 12.4 Å². The summed E-state index contributed by atoms with van der Waals surface area (Å²) >= 11 is 0. The molecule has 1 aliphatic heterocycles. The Bertz CT molecular complexity index is 695. The van der Waals surface area contributed by atoms with Crippen molar-refractivity contribution in [2.24, 2.45) is 0 Å². The number of anilines is 1. The zero-order valence-corrected chi connectivity index (χ0v) is 14.3. The van der Waals surface area contributed by atoms with Gasteiger partial charge in [0.25, 0.3) is 5.91 Å². The second-order valence-electron chi connectivity index (χ2n) is 6.28. The molecular weight excluding hydrogens is 306 g/mol. The Balaban J connectivity index is 1.65. The first-order valence-corrected chi connectivity index (χ1v) is 8.04. The predicted molar refractivity (Wildman–Crippen MR) is 90.8 cm³/mol. The van der Waals surface area contributed by atoms with Crippen molar-refractivity contribution in [1.82, 2.24) is 30.0 Å². The highest BCUT2D eigenvalue weighted by Gasteiger charge is 2.29. The molecule has 0 aliphatic carbocycles. The van der Waals surface area contributed by atoms with Crippen LogP contribution in [0.2, 0.25) is 0 Å². The van der Waals surface area contributed by atoms with E-state index in [0.717, 1.165) is 37.3 Å². The van der Waals surface area contributed by atoms with Gasteiger partial charge in [-0.05, 0) is 13.0 Å². The molecule has 3 rings (SSSR count). The highest BCUT2D eigenvalue weighted by molar-refractivity contribution is 5.94. The van der Waals surface area contributed by atoms with Gasteiger partial charge in [-0.15, -0.1) is 0 Å². The van der Waals surface area contributed by atoms with Crippen LogP contribution in [0.15, 0.2) is 18.6 Å². The summed E-state index contributed by atoms with van der Waals surface area (Å²) < 4.78 is 0. The summed E-state index contributed by atoms with van der Waals surface area (Å²) in [6, 6.07) is 0. The second kappa shape index (κ2) is 6.96. The van der Waals surface area contributed by atoms with Crippen molar-refractivity contribution in [3.05, 3.63) is 35.4 Å². The Morgan fingerprint density at radius 1 is 1.38 bits per heavy atom. The summed E-state index contributed by atoms with van der Waals surface area (Å²) in [5.74, 6) is 0.916. The summed E-state index contributed by atoms with van der Waals surface area (Å²) in [5.41, 5.74) is 2.70. The number of carbonyl (C=O) groups excluding carboxylic acids is 1. The lowest BCUT2D eigenvalue weighted by Gasteiger charge is -2.16. The van der Waals surface area contributed by atoms with Crippen molar-refractivity contribution in [2.45, 2.75) is 18.9 Å². The molecule has 1 saturated heterocycles. The van der Waals surface area contributed by atoms with Crippen molar-refractivity contribution in [2.75, 3.05) is 39.5 Å². The molecule has 2 aromatic rings. The summed E-state index contributed by atoms with van der Waals surface area (Å²) in [4.78, 5) is 24.7. The Morgan fingerprint density at radius 3 is 2.79 bits per heavy atom. The molecule has 2 aromatic heterocycles. The smallest absolute Gasteiger partial charge is 0.256 e. The molecule has 0 aromatic carbocycles. The van der Waals surface area contributed by atoms with Crippen LogP contribution in [0.4, 0.5) is 5.95 Å². The molecule has 0 spiro atoms. The molecule has 1 fully saturated rings. The lowest BCUT2D eigenvalue weighted by Crippen LogP contribution is -2.24. The molecule has 2 N–H and O–H groups in total. The fourth-order valence-corrected chi connectivity index (χ4v) is 3.05. The van der Waals surface area contributed by atoms with Gasteiger partial charge in [0, 0.05) is 58.1 Å². The van der Waals surface area contributed by atoms with Crippen LogP contribution in [-0.4, -0.2) is 70.1 Å². The molecule has 128 valence electrons. The van der Waals surface area contributed by atoms with E-state index in [1.54, 1.807) is 32.2 Å². The van der Waals surface area contributed by atoms with Gasteiger partial charge in [0.15, 0.2) is 0 Å². The van der Waals surface area contributed by atoms with Crippen molar-refractivity contribution >= 4 is 11.9 Å². The van der Waals surface area contributed by atoms with Crippen LogP contribution in [0, 0.1) is 0 Å². The molecule has 24 heavy (non-hydrogen) atoms. The SMILES string of the molecule is CNc1ncc(CN2CC[C@H](c3[nH]ncc3C(=O)N(C)C)C2)cn1. The number of hydrogen-bond donors (Lipinski definition) is 2. The Labute approximate surface area is 141 Å². The van der Waals surface area contributed by atoms with E-state index < -0.39 is 0 Å². The van der Waals surface area contributed by atoms with Crippen LogP contribution in [0.1, 0.15) is 34.0 Å². The van der Waals surface area contributed by atoms with Gasteiger partial charge >= 0.3 is 0 Å². The van der Waals surface area contributed by atoms with Gasteiger partial charge in [0.1, 0.15) is 0 Å². The second-order valence-corrected chi connectivity index (χ2v) is 6.28. The Kier molecular flexibility index (Phi) is 4.75. The van der Waals surface area contributed by atoms with Gasteiger partial charge in [0.2, 0.25) is 5.95 Å². The monoisotopic (exact) mass is 329 g/mol. The number of likely N-dealkylation sites (tertiary alicyclic amines) is 1. The van der Waals surface area contributed by atoms with E-state index in [4.69, 9.17) is 0 Å². The number of nitrogens with zero attached hydrogens (tertiary/aromatic N) is 5. The van der Waals surface area contributed by atoms with Crippen molar-refractivity contribution in [3.63, 3.8) is 0 Å². The fraction of sp³-hybridized carbons (Fsp3) is 0.500. The molecule has 1 amide bonds. The highest BCUT2D eigenvalue weighted by Crippen LogP contribution is 2.29. The first-order valence-electron chi connectivity index (χ1n) is 8.04. The Morgan fingerprint density at radius 2 is 2.12 bits per heavy atom. The number of amides is 1. The average Bonchev–Trinajstić information content (AvgIpc) is 3.23. The van der Waals surface area contributed by atoms with Crippen LogP contribution in [0.3, 0.4) is 0 Å². The van der Waals surface area contributed by atoms with E-state index in [1.165, 1.54) is 0 Å². The van der Waals surface area contributed by atoms with E-state index in [9.17, 15) is 4.79 Å². The maximum absolute atomic E-state index is 12.2. The third-order valence-electron chi connectivity index (χ3n) is 4.32. The van der Waals surface area contributed by atoms with Crippen LogP contribution >= 0.6 is 0 Å². The molecule has 1 atom stereocenters. The van der Waals surface area contributed by atoms with E-state index in [0.29, 0.717) is 17.4 Å². The van der Waals surface area contributed by atoms with Gasteiger partial charge in [-0.3, -0.25) is 14.8 Å². The van der Waals surface area contributed by atoms with Crippen molar-refractivity contribution in [3.8, 4) is 0 Å². The van der Waals surface area contributed by atoms with Gasteiger partial charge in [0.05, 0.1) is 17.5 Å². The van der Waals surface area contributed by atoms with Gasteiger partial charge < -0.3 is 10.2 Å². The highest BCUT2D eigenvalue weighted by atomic mass is 16.2. The molecule has 3 heterocycles. The topological polar surface area (TPSA) is 90.0 Å². The fourth-order valence-electron chi connectivity index (χ4n) is 3.05. The molecule has 0 unspecified atom stereocenters. The van der Waals surface area contributed by atoms with Crippen LogP contribution in [0.25, 0.3) is 0 Å². The largest absolute Gasteiger partial charge is 0.357 e. The molecule has 0 radical (unpaired) electrons. The van der Waals surface area contributed by atoms with Crippen molar-refractivity contribution < 1.29 is 4.79 Å². The van der Waals surface area contributed by atoms with E-state index in [2.05, 4.69) is 30.4 Å². The number of aromatic amines is 1. The minimum atomic E-state index is -0.00625. The minimum Gasteiger partial charge on any atom is -0.357 e. The first kappa shape index (κ1) is 16.4. The van der Waals surface area contributed by atoms with E-state index >= 15 is 0 Å². The quantitative estimate of drug-likeness (QED) is 0.848. The summed E-state index contributed by atoms with van der Waals surface area (Å²) in [7, 11) is 5.32. The lowest BCUT2D eigenvalue weighted by molar-refractivity contribution is 0.0826. The molecular formula is C16H23N7O. The van der Waals surface area contributed by atoms with Crippen molar-refractivity contribution in [1.29, 1.82) is 0 Å². The number of aromatic nitrogens is 4. The molecule has 1 aliphatic rings. The summed E-state index contributed by atoms with van der Waals surface area (Å²) in [6.45, 7) is 2.68. The number of carbonyl (C=O) groups is 1. The number of hydrogen-bond acceptors (Lipinski definition) is 6. The van der Waals surface area contributed by atoms with E-state index in [-0.39, 0.29) is 5.91 Å². The number of H-pyrrole nitrogens is 1. The third-order valence-corrected chi connectivity index (χ3v) is 4.32. The molecule has 8 heteroatoms. The lowest BCUT2D eigenvalue weighted by atomic mass is 10.0. The van der Waals surface area contributed by atoms with Gasteiger partial charge in [-0.1, -0.05) is 0 Å². The zero-order chi connectivity index (χ0) is 17.1. The number of nitrogens with one attached hydrogen (secondary N) is 2. The maximum atomic E-state index is 12.2. The predicted octanol–water partition coefficient (Wildman–Crippen LogP) is 0.933. The molecule has 0 saturated carbocycles. The molecule has 8 nitrogen and oxygen atoms in total. The van der Waals surface area contributed by atoms with Crippen LogP contribution in [0.5, 0.6) is 0 Å². The zero-order valence-electron chi connectivity index (χ0n) is 14.3. The van der Waals surface area contributed by atoms with Gasteiger partial charge in [-0.2, -0.15) is 5.10 Å². The maximum Gasteiger partial charge on any atom is 0.256 e. The van der Waals surface area contributed by atoms with Gasteiger partial charge in [-0.25, -0.2) is 9.97 Å².